The summed E-state index contributed by atoms with van der Waals surface area (Å²) >= 11 is 0. The Bertz CT molecular complexity index is 208. The fourth-order valence-corrected chi connectivity index (χ4v) is 3.82. The smallest absolute Gasteiger partial charge is 0.00696 e. The van der Waals surface area contributed by atoms with E-state index >= 15 is 0 Å². The van der Waals surface area contributed by atoms with Crippen molar-refractivity contribution in [2.75, 3.05) is 6.54 Å². The van der Waals surface area contributed by atoms with E-state index < -0.39 is 0 Å². The van der Waals surface area contributed by atoms with Gasteiger partial charge in [-0.25, -0.2) is 0 Å². The molecule has 0 aromatic carbocycles. The first-order valence-corrected chi connectivity index (χ1v) is 10.1. The highest BCUT2D eigenvalue weighted by Crippen LogP contribution is 2.28. The maximum atomic E-state index is 3.83. The van der Waals surface area contributed by atoms with Gasteiger partial charge in [-0.2, -0.15) is 0 Å². The van der Waals surface area contributed by atoms with Gasteiger partial charge >= 0.3 is 0 Å². The molecule has 1 fully saturated rings. The van der Waals surface area contributed by atoms with Gasteiger partial charge in [-0.05, 0) is 31.7 Å². The molecule has 126 valence electrons. The van der Waals surface area contributed by atoms with Crippen molar-refractivity contribution in [3.8, 4) is 0 Å². The van der Waals surface area contributed by atoms with Gasteiger partial charge in [-0.1, -0.05) is 90.9 Å². The quantitative estimate of drug-likeness (QED) is 0.384. The Labute approximate surface area is 134 Å². The van der Waals surface area contributed by atoms with Gasteiger partial charge in [0.25, 0.3) is 0 Å². The summed E-state index contributed by atoms with van der Waals surface area (Å²) < 4.78 is 0. The Morgan fingerprint density at radius 3 is 2.14 bits per heavy atom. The molecule has 0 aliphatic heterocycles. The third-order valence-corrected chi connectivity index (χ3v) is 5.18. The molecule has 0 saturated heterocycles. The van der Waals surface area contributed by atoms with Crippen LogP contribution >= 0.6 is 0 Å². The largest absolute Gasteiger partial charge is 0.314 e. The molecule has 0 aromatic rings. The van der Waals surface area contributed by atoms with E-state index in [1.807, 2.05) is 0 Å². The third-order valence-electron chi connectivity index (χ3n) is 5.18. The van der Waals surface area contributed by atoms with Crippen molar-refractivity contribution in [2.45, 2.75) is 116 Å². The van der Waals surface area contributed by atoms with E-state index in [0.29, 0.717) is 0 Å². The molecule has 1 atom stereocenters. The maximum absolute atomic E-state index is 3.83. The van der Waals surface area contributed by atoms with Gasteiger partial charge < -0.3 is 5.32 Å². The molecule has 0 spiro atoms. The summed E-state index contributed by atoms with van der Waals surface area (Å²) in [6, 6.07) is 0.809. The van der Waals surface area contributed by atoms with Gasteiger partial charge in [0.2, 0.25) is 0 Å². The molecule has 1 unspecified atom stereocenters. The van der Waals surface area contributed by atoms with Crippen molar-refractivity contribution in [1.29, 1.82) is 0 Å². The normalized spacial score (nSPS) is 18.0. The van der Waals surface area contributed by atoms with Gasteiger partial charge in [-0.3, -0.25) is 0 Å². The molecule has 1 aliphatic rings. The molecule has 21 heavy (non-hydrogen) atoms. The van der Waals surface area contributed by atoms with E-state index in [9.17, 15) is 0 Å². The monoisotopic (exact) mass is 295 g/mol. The predicted molar refractivity (Wildman–Crippen MR) is 95.9 cm³/mol. The van der Waals surface area contributed by atoms with Crippen LogP contribution in [0, 0.1) is 5.92 Å². The molecular weight excluding hydrogens is 254 g/mol. The average molecular weight is 296 g/mol. The van der Waals surface area contributed by atoms with Gasteiger partial charge in [0, 0.05) is 6.04 Å². The zero-order valence-corrected chi connectivity index (χ0v) is 15.0. The highest BCUT2D eigenvalue weighted by atomic mass is 14.9. The van der Waals surface area contributed by atoms with Crippen molar-refractivity contribution in [3.63, 3.8) is 0 Å². The molecule has 0 radical (unpaired) electrons. The van der Waals surface area contributed by atoms with Crippen molar-refractivity contribution in [1.82, 2.24) is 5.32 Å². The van der Waals surface area contributed by atoms with Crippen LogP contribution in [0.25, 0.3) is 0 Å². The second kappa shape index (κ2) is 13.6. The van der Waals surface area contributed by atoms with Gasteiger partial charge in [0.15, 0.2) is 0 Å². The molecular formula is C20H41N. The van der Waals surface area contributed by atoms with Crippen LogP contribution in [0.4, 0.5) is 0 Å². The second-order valence-corrected chi connectivity index (χ2v) is 7.30. The predicted octanol–water partition coefficient (Wildman–Crippen LogP) is 6.47. The lowest BCUT2D eigenvalue weighted by atomic mass is 9.84. The Balaban J connectivity index is 2.10. The molecule has 1 heteroatoms. The summed E-state index contributed by atoms with van der Waals surface area (Å²) in [4.78, 5) is 0. The van der Waals surface area contributed by atoms with Crippen molar-refractivity contribution in [2.24, 2.45) is 5.92 Å². The number of hydrogen-bond donors (Lipinski definition) is 1. The first-order valence-electron chi connectivity index (χ1n) is 10.1. The first kappa shape index (κ1) is 19.0. The third kappa shape index (κ3) is 10.3. The molecule has 1 N–H and O–H groups in total. The summed E-state index contributed by atoms with van der Waals surface area (Å²) in [7, 11) is 0. The van der Waals surface area contributed by atoms with Crippen LogP contribution in [0.2, 0.25) is 0 Å². The van der Waals surface area contributed by atoms with Crippen molar-refractivity contribution in [3.05, 3.63) is 0 Å². The lowest BCUT2D eigenvalue weighted by Gasteiger charge is -2.27. The average Bonchev–Trinajstić information content (AvgIpc) is 2.52. The molecule has 1 aliphatic carbocycles. The van der Waals surface area contributed by atoms with E-state index in [-0.39, 0.29) is 0 Å². The number of rotatable bonds is 13. The van der Waals surface area contributed by atoms with Crippen molar-refractivity contribution < 1.29 is 0 Å². The summed E-state index contributed by atoms with van der Waals surface area (Å²) in [5.74, 6) is 1.03. The van der Waals surface area contributed by atoms with Crippen LogP contribution in [0.15, 0.2) is 0 Å². The van der Waals surface area contributed by atoms with E-state index in [4.69, 9.17) is 0 Å². The Kier molecular flexibility index (Phi) is 12.3. The van der Waals surface area contributed by atoms with Crippen LogP contribution in [-0.4, -0.2) is 12.6 Å². The highest BCUT2D eigenvalue weighted by molar-refractivity contribution is 4.75. The Hall–Kier alpha value is -0.0400. The highest BCUT2D eigenvalue weighted by Gasteiger charge is 2.18. The fraction of sp³-hybridized carbons (Fsp3) is 1.00. The van der Waals surface area contributed by atoms with Crippen LogP contribution in [0.3, 0.4) is 0 Å². The zero-order chi connectivity index (χ0) is 15.2. The minimum absolute atomic E-state index is 0.809. The van der Waals surface area contributed by atoms with E-state index in [1.165, 1.54) is 103 Å². The molecule has 0 aromatic heterocycles. The SMILES string of the molecule is CCCCCCCCCC(CC1CCCCC1)NCCC. The minimum Gasteiger partial charge on any atom is -0.314 e. The Morgan fingerprint density at radius 2 is 1.48 bits per heavy atom. The van der Waals surface area contributed by atoms with Crippen LogP contribution in [-0.2, 0) is 0 Å². The maximum Gasteiger partial charge on any atom is 0.00696 e. The fourth-order valence-electron chi connectivity index (χ4n) is 3.82. The lowest BCUT2D eigenvalue weighted by molar-refractivity contribution is 0.287. The van der Waals surface area contributed by atoms with Crippen molar-refractivity contribution >= 4 is 0 Å². The molecule has 1 rings (SSSR count). The minimum atomic E-state index is 0.809. The summed E-state index contributed by atoms with van der Waals surface area (Å²) in [5, 5.41) is 3.83. The second-order valence-electron chi connectivity index (χ2n) is 7.30. The topological polar surface area (TPSA) is 12.0 Å². The Morgan fingerprint density at radius 1 is 0.810 bits per heavy atom. The van der Waals surface area contributed by atoms with Crippen LogP contribution in [0.1, 0.15) is 110 Å². The van der Waals surface area contributed by atoms with E-state index in [0.717, 1.165) is 12.0 Å². The van der Waals surface area contributed by atoms with Gasteiger partial charge in [0.05, 0.1) is 0 Å². The molecule has 0 bridgehead atoms. The summed E-state index contributed by atoms with van der Waals surface area (Å²) in [5.41, 5.74) is 0. The summed E-state index contributed by atoms with van der Waals surface area (Å²) in [6.45, 7) is 5.81. The molecule has 1 nitrogen and oxygen atoms in total. The number of nitrogens with one attached hydrogen (secondary N) is 1. The molecule has 0 amide bonds. The van der Waals surface area contributed by atoms with E-state index in [2.05, 4.69) is 19.2 Å². The first-order chi connectivity index (χ1) is 10.4. The standard InChI is InChI=1S/C20H41N/c1-3-5-6-7-8-9-13-16-20(21-17-4-2)18-19-14-11-10-12-15-19/h19-21H,3-18H2,1-2H3. The summed E-state index contributed by atoms with van der Waals surface area (Å²) in [6.07, 6.45) is 21.7. The van der Waals surface area contributed by atoms with Crippen LogP contribution < -0.4 is 5.32 Å². The van der Waals surface area contributed by atoms with E-state index in [1.54, 1.807) is 0 Å². The molecule has 0 heterocycles. The zero-order valence-electron chi connectivity index (χ0n) is 15.0. The lowest BCUT2D eigenvalue weighted by Crippen LogP contribution is -2.32. The van der Waals surface area contributed by atoms with Gasteiger partial charge in [0.1, 0.15) is 0 Å². The molecule has 1 saturated carbocycles. The number of unbranched alkanes of at least 4 members (excludes halogenated alkanes) is 6. The number of hydrogen-bond acceptors (Lipinski definition) is 1. The van der Waals surface area contributed by atoms with Gasteiger partial charge in [-0.15, -0.1) is 0 Å². The van der Waals surface area contributed by atoms with Crippen LogP contribution in [0.5, 0.6) is 0 Å².